The van der Waals surface area contributed by atoms with Crippen LogP contribution < -0.4 is 0 Å². The Hall–Kier alpha value is -1.10. The largest absolute Gasteiger partial charge is 0.480 e. The van der Waals surface area contributed by atoms with Crippen molar-refractivity contribution in [1.82, 2.24) is 10.0 Å². The minimum atomic E-state index is -0.957. The molecule has 1 amide bonds. The Balaban J connectivity index is 2.60. The number of carbonyl (C=O) groups is 2. The summed E-state index contributed by atoms with van der Waals surface area (Å²) in [7, 11) is 0. The molecule has 80 valence electrons. The van der Waals surface area contributed by atoms with Gasteiger partial charge in [0.05, 0.1) is 0 Å². The van der Waals surface area contributed by atoms with Gasteiger partial charge in [0.1, 0.15) is 6.54 Å². The Morgan fingerprint density at radius 3 is 2.86 bits per heavy atom. The molecule has 0 atom stereocenters. The number of hydrogen-bond acceptors (Lipinski definition) is 3. The molecule has 1 heterocycles. The van der Waals surface area contributed by atoms with E-state index in [1.54, 1.807) is 0 Å². The summed E-state index contributed by atoms with van der Waals surface area (Å²) in [6.07, 6.45) is 2.21. The van der Waals surface area contributed by atoms with E-state index in [-0.39, 0.29) is 12.5 Å². The van der Waals surface area contributed by atoms with E-state index in [1.807, 2.05) is 11.9 Å². The van der Waals surface area contributed by atoms with Gasteiger partial charge >= 0.3 is 5.97 Å². The lowest BCUT2D eigenvalue weighted by Gasteiger charge is -2.37. The first-order chi connectivity index (χ1) is 6.65. The number of nitrogens with zero attached hydrogens (tertiary/aromatic N) is 2. The number of aliphatic carboxylic acids is 1. The van der Waals surface area contributed by atoms with Gasteiger partial charge in [-0.1, -0.05) is 6.92 Å². The Morgan fingerprint density at radius 2 is 2.29 bits per heavy atom. The fourth-order valence-corrected chi connectivity index (χ4v) is 1.63. The second-order valence-electron chi connectivity index (χ2n) is 3.40. The summed E-state index contributed by atoms with van der Waals surface area (Å²) in [5.41, 5.74) is 0. The van der Waals surface area contributed by atoms with Gasteiger partial charge in [0.15, 0.2) is 0 Å². The molecular formula is C9H16N2O3. The van der Waals surface area contributed by atoms with Crippen LogP contribution in [0.2, 0.25) is 0 Å². The third kappa shape index (κ3) is 2.70. The fraction of sp³-hybridized carbons (Fsp3) is 0.778. The normalized spacial score (nSPS) is 18.6. The molecule has 1 aliphatic heterocycles. The predicted molar refractivity (Wildman–Crippen MR) is 50.4 cm³/mol. The van der Waals surface area contributed by atoms with E-state index in [0.29, 0.717) is 6.42 Å². The van der Waals surface area contributed by atoms with Crippen molar-refractivity contribution >= 4 is 11.9 Å². The molecule has 0 saturated carbocycles. The smallest absolute Gasteiger partial charge is 0.324 e. The first-order valence-corrected chi connectivity index (χ1v) is 4.92. The molecule has 5 heteroatoms. The molecule has 0 aromatic carbocycles. The molecular weight excluding hydrogens is 184 g/mol. The van der Waals surface area contributed by atoms with Crippen molar-refractivity contribution in [3.63, 3.8) is 0 Å². The lowest BCUT2D eigenvalue weighted by atomic mass is 10.2. The fourth-order valence-electron chi connectivity index (χ4n) is 1.63. The van der Waals surface area contributed by atoms with Crippen molar-refractivity contribution in [3.05, 3.63) is 0 Å². The highest BCUT2D eigenvalue weighted by Gasteiger charge is 2.26. The Bertz CT molecular complexity index is 228. The van der Waals surface area contributed by atoms with Crippen LogP contribution in [0.3, 0.4) is 0 Å². The highest BCUT2D eigenvalue weighted by atomic mass is 16.4. The third-order valence-corrected chi connectivity index (χ3v) is 2.20. The molecule has 1 N–H and O–H groups in total. The van der Waals surface area contributed by atoms with Crippen LogP contribution >= 0.6 is 0 Å². The van der Waals surface area contributed by atoms with Crippen LogP contribution in [0.5, 0.6) is 0 Å². The number of hydrogen-bond donors (Lipinski definition) is 1. The Kier molecular flexibility index (Phi) is 3.88. The zero-order chi connectivity index (χ0) is 10.6. The van der Waals surface area contributed by atoms with Crippen LogP contribution in [0.25, 0.3) is 0 Å². The standard InChI is InChI=1S/C9H16N2O3/c1-2-5-10-6-3-4-8(12)11(10)7-9(13)14/h2-7H2,1H3,(H,13,14). The molecule has 1 rings (SSSR count). The van der Waals surface area contributed by atoms with Gasteiger partial charge < -0.3 is 5.11 Å². The van der Waals surface area contributed by atoms with Crippen LogP contribution in [0.4, 0.5) is 0 Å². The molecule has 5 nitrogen and oxygen atoms in total. The highest BCUT2D eigenvalue weighted by Crippen LogP contribution is 2.12. The van der Waals surface area contributed by atoms with Crippen molar-refractivity contribution in [1.29, 1.82) is 0 Å². The van der Waals surface area contributed by atoms with Gasteiger partial charge in [-0.3, -0.25) is 14.6 Å². The van der Waals surface area contributed by atoms with Crippen molar-refractivity contribution < 1.29 is 14.7 Å². The van der Waals surface area contributed by atoms with Crippen molar-refractivity contribution in [2.45, 2.75) is 26.2 Å². The van der Waals surface area contributed by atoms with Crippen LogP contribution in [0, 0.1) is 0 Å². The van der Waals surface area contributed by atoms with Crippen molar-refractivity contribution in [3.8, 4) is 0 Å². The number of carboxylic acid groups (broad SMARTS) is 1. The summed E-state index contributed by atoms with van der Waals surface area (Å²) in [5, 5.41) is 11.8. The van der Waals surface area contributed by atoms with E-state index in [2.05, 4.69) is 0 Å². The molecule has 1 fully saturated rings. The molecule has 0 aromatic rings. The van der Waals surface area contributed by atoms with Crippen molar-refractivity contribution in [2.24, 2.45) is 0 Å². The molecule has 0 aromatic heterocycles. The highest BCUT2D eigenvalue weighted by molar-refractivity contribution is 5.81. The van der Waals surface area contributed by atoms with Gasteiger partial charge in [0.2, 0.25) is 5.91 Å². The number of carbonyl (C=O) groups excluding carboxylic acids is 1. The van der Waals surface area contributed by atoms with E-state index in [1.165, 1.54) is 5.01 Å². The van der Waals surface area contributed by atoms with Gasteiger partial charge in [-0.05, 0) is 12.8 Å². The second kappa shape index (κ2) is 4.95. The SMILES string of the molecule is CCCN1CCCC(=O)N1CC(=O)O. The van der Waals surface area contributed by atoms with E-state index in [0.717, 1.165) is 25.9 Å². The molecule has 0 unspecified atom stereocenters. The molecule has 0 spiro atoms. The van der Waals surface area contributed by atoms with Crippen LogP contribution in [-0.4, -0.2) is 46.6 Å². The van der Waals surface area contributed by atoms with E-state index in [4.69, 9.17) is 5.11 Å². The second-order valence-corrected chi connectivity index (χ2v) is 3.40. The molecule has 0 bridgehead atoms. The Labute approximate surface area is 83.3 Å². The minimum absolute atomic E-state index is 0.0768. The van der Waals surface area contributed by atoms with Gasteiger partial charge in [0, 0.05) is 19.5 Å². The maximum atomic E-state index is 11.4. The molecule has 1 aliphatic rings. The molecule has 0 aliphatic carbocycles. The minimum Gasteiger partial charge on any atom is -0.480 e. The number of carboxylic acids is 1. The van der Waals surface area contributed by atoms with E-state index in [9.17, 15) is 9.59 Å². The quantitative estimate of drug-likeness (QED) is 0.710. The summed E-state index contributed by atoms with van der Waals surface area (Å²) < 4.78 is 0. The lowest BCUT2D eigenvalue weighted by Crippen LogP contribution is -2.52. The topological polar surface area (TPSA) is 60.9 Å². The van der Waals surface area contributed by atoms with Crippen LogP contribution in [-0.2, 0) is 9.59 Å². The maximum absolute atomic E-state index is 11.4. The van der Waals surface area contributed by atoms with Crippen molar-refractivity contribution in [2.75, 3.05) is 19.6 Å². The molecule has 1 saturated heterocycles. The number of hydrazine groups is 1. The summed E-state index contributed by atoms with van der Waals surface area (Å²) >= 11 is 0. The average Bonchev–Trinajstić information content (AvgIpc) is 2.11. The summed E-state index contributed by atoms with van der Waals surface area (Å²) in [5.74, 6) is -1.03. The van der Waals surface area contributed by atoms with Crippen LogP contribution in [0.15, 0.2) is 0 Å². The summed E-state index contributed by atoms with van der Waals surface area (Å²) in [6, 6.07) is 0. The monoisotopic (exact) mass is 200 g/mol. The van der Waals surface area contributed by atoms with Gasteiger partial charge in [-0.25, -0.2) is 5.01 Å². The first kappa shape index (κ1) is 11.0. The zero-order valence-electron chi connectivity index (χ0n) is 8.40. The van der Waals surface area contributed by atoms with Gasteiger partial charge in [0.25, 0.3) is 0 Å². The number of amides is 1. The maximum Gasteiger partial charge on any atom is 0.324 e. The Morgan fingerprint density at radius 1 is 1.57 bits per heavy atom. The first-order valence-electron chi connectivity index (χ1n) is 4.92. The summed E-state index contributed by atoms with van der Waals surface area (Å²) in [4.78, 5) is 22.0. The summed E-state index contributed by atoms with van der Waals surface area (Å²) in [6.45, 7) is 3.34. The van der Waals surface area contributed by atoms with Gasteiger partial charge in [-0.2, -0.15) is 0 Å². The van der Waals surface area contributed by atoms with E-state index < -0.39 is 5.97 Å². The van der Waals surface area contributed by atoms with Crippen LogP contribution in [0.1, 0.15) is 26.2 Å². The van der Waals surface area contributed by atoms with E-state index >= 15 is 0 Å². The lowest BCUT2D eigenvalue weighted by molar-refractivity contribution is -0.164. The average molecular weight is 200 g/mol. The third-order valence-electron chi connectivity index (χ3n) is 2.20. The number of rotatable bonds is 4. The zero-order valence-corrected chi connectivity index (χ0v) is 8.40. The van der Waals surface area contributed by atoms with Gasteiger partial charge in [-0.15, -0.1) is 0 Å². The molecule has 0 radical (unpaired) electrons. The molecule has 14 heavy (non-hydrogen) atoms. The predicted octanol–water partition coefficient (Wildman–Crippen LogP) is 0.320.